The van der Waals surface area contributed by atoms with Crippen molar-refractivity contribution >= 4 is 29.9 Å². The summed E-state index contributed by atoms with van der Waals surface area (Å²) in [6.07, 6.45) is 0. The zero-order chi connectivity index (χ0) is 20.9. The van der Waals surface area contributed by atoms with Crippen LogP contribution in [0.5, 0.6) is 0 Å². The SMILES string of the molecule is CCNC(=NCc1cccc(COCc2ccccc2)c1)NCCN1CCOCC1.I. The topological polar surface area (TPSA) is 58.1 Å². The van der Waals surface area contributed by atoms with Crippen LogP contribution in [-0.4, -0.2) is 56.8 Å². The molecule has 0 spiro atoms. The van der Waals surface area contributed by atoms with Crippen molar-refractivity contribution in [1.82, 2.24) is 15.5 Å². The van der Waals surface area contributed by atoms with E-state index < -0.39 is 0 Å². The summed E-state index contributed by atoms with van der Waals surface area (Å²) in [4.78, 5) is 7.16. The summed E-state index contributed by atoms with van der Waals surface area (Å²) >= 11 is 0. The van der Waals surface area contributed by atoms with Crippen LogP contribution < -0.4 is 10.6 Å². The molecule has 3 rings (SSSR count). The lowest BCUT2D eigenvalue weighted by Gasteiger charge is -2.26. The van der Waals surface area contributed by atoms with Crippen LogP contribution in [-0.2, 0) is 29.2 Å². The first-order valence-electron chi connectivity index (χ1n) is 10.9. The van der Waals surface area contributed by atoms with Crippen LogP contribution in [0.3, 0.4) is 0 Å². The van der Waals surface area contributed by atoms with Crippen molar-refractivity contribution in [3.05, 3.63) is 71.3 Å². The second kappa shape index (κ2) is 15.2. The van der Waals surface area contributed by atoms with Gasteiger partial charge in [-0.2, -0.15) is 0 Å². The highest BCUT2D eigenvalue weighted by Crippen LogP contribution is 2.10. The molecule has 1 heterocycles. The molecule has 6 nitrogen and oxygen atoms in total. The van der Waals surface area contributed by atoms with E-state index in [1.54, 1.807) is 0 Å². The second-order valence-corrected chi connectivity index (χ2v) is 7.37. The van der Waals surface area contributed by atoms with E-state index in [2.05, 4.69) is 58.9 Å². The standard InChI is InChI=1S/C24H34N4O2.HI/c1-2-25-24(26-11-12-28-13-15-29-16-14-28)27-18-22-9-6-10-23(17-22)20-30-19-21-7-4-3-5-8-21;/h3-10,17H,2,11-16,18-20H2,1H3,(H2,25,26,27);1H. The van der Waals surface area contributed by atoms with Gasteiger partial charge in [-0.3, -0.25) is 4.90 Å². The number of hydrogen-bond donors (Lipinski definition) is 2. The predicted molar refractivity (Wildman–Crippen MR) is 137 cm³/mol. The van der Waals surface area contributed by atoms with Crippen molar-refractivity contribution in [2.75, 3.05) is 45.9 Å². The largest absolute Gasteiger partial charge is 0.379 e. The third-order valence-electron chi connectivity index (χ3n) is 4.96. The van der Waals surface area contributed by atoms with Gasteiger partial charge in [0.25, 0.3) is 0 Å². The quantitative estimate of drug-likeness (QED) is 0.276. The summed E-state index contributed by atoms with van der Waals surface area (Å²) in [7, 11) is 0. The summed E-state index contributed by atoms with van der Waals surface area (Å²) in [6, 6.07) is 18.7. The number of hydrogen-bond acceptors (Lipinski definition) is 4. The smallest absolute Gasteiger partial charge is 0.191 e. The normalized spacial score (nSPS) is 14.7. The maximum atomic E-state index is 5.86. The molecule has 1 fully saturated rings. The number of morpholine rings is 1. The summed E-state index contributed by atoms with van der Waals surface area (Å²) in [5, 5.41) is 6.77. The molecule has 2 aromatic rings. The van der Waals surface area contributed by atoms with Gasteiger partial charge in [-0.1, -0.05) is 54.6 Å². The Bertz CT molecular complexity index is 767. The minimum absolute atomic E-state index is 0. The molecule has 0 aliphatic carbocycles. The first-order valence-corrected chi connectivity index (χ1v) is 10.9. The average Bonchev–Trinajstić information content (AvgIpc) is 2.79. The van der Waals surface area contributed by atoms with Gasteiger partial charge in [0, 0.05) is 32.7 Å². The van der Waals surface area contributed by atoms with Crippen molar-refractivity contribution in [2.24, 2.45) is 4.99 Å². The monoisotopic (exact) mass is 538 g/mol. The van der Waals surface area contributed by atoms with Gasteiger partial charge in [-0.15, -0.1) is 24.0 Å². The number of aliphatic imine (C=N–C) groups is 1. The Hall–Kier alpha value is -1.68. The van der Waals surface area contributed by atoms with E-state index in [1.165, 1.54) is 16.7 Å². The number of nitrogens with one attached hydrogen (secondary N) is 2. The van der Waals surface area contributed by atoms with Crippen molar-refractivity contribution in [2.45, 2.75) is 26.7 Å². The van der Waals surface area contributed by atoms with Crippen LogP contribution in [0.1, 0.15) is 23.6 Å². The lowest BCUT2D eigenvalue weighted by molar-refractivity contribution is 0.0389. The number of rotatable bonds is 10. The molecule has 2 aromatic carbocycles. The van der Waals surface area contributed by atoms with Crippen LogP contribution in [0.15, 0.2) is 59.6 Å². The van der Waals surface area contributed by atoms with Crippen molar-refractivity contribution in [3.8, 4) is 0 Å². The zero-order valence-corrected chi connectivity index (χ0v) is 20.7. The maximum absolute atomic E-state index is 5.86. The molecule has 170 valence electrons. The molecule has 2 N–H and O–H groups in total. The maximum Gasteiger partial charge on any atom is 0.191 e. The average molecular weight is 538 g/mol. The number of ether oxygens (including phenoxy) is 2. The summed E-state index contributed by atoms with van der Waals surface area (Å²) in [6.45, 7) is 10.4. The Morgan fingerprint density at radius 3 is 2.45 bits per heavy atom. The first-order chi connectivity index (χ1) is 14.8. The highest BCUT2D eigenvalue weighted by atomic mass is 127. The molecular formula is C24H35IN4O2. The van der Waals surface area contributed by atoms with Gasteiger partial charge in [0.2, 0.25) is 0 Å². The van der Waals surface area contributed by atoms with E-state index in [4.69, 9.17) is 14.5 Å². The highest BCUT2D eigenvalue weighted by Gasteiger charge is 2.09. The van der Waals surface area contributed by atoms with E-state index >= 15 is 0 Å². The summed E-state index contributed by atoms with van der Waals surface area (Å²) in [5.74, 6) is 0.858. The van der Waals surface area contributed by atoms with Crippen LogP contribution in [0.4, 0.5) is 0 Å². The Morgan fingerprint density at radius 1 is 0.968 bits per heavy atom. The molecular weight excluding hydrogens is 503 g/mol. The van der Waals surface area contributed by atoms with E-state index in [0.717, 1.165) is 51.9 Å². The van der Waals surface area contributed by atoms with E-state index in [1.807, 2.05) is 18.2 Å². The fourth-order valence-corrected chi connectivity index (χ4v) is 3.35. The Kier molecular flexibility index (Phi) is 12.5. The van der Waals surface area contributed by atoms with E-state index in [9.17, 15) is 0 Å². The van der Waals surface area contributed by atoms with Gasteiger partial charge in [-0.05, 0) is 23.6 Å². The highest BCUT2D eigenvalue weighted by molar-refractivity contribution is 14.0. The number of guanidine groups is 1. The molecule has 0 atom stereocenters. The van der Waals surface area contributed by atoms with Gasteiger partial charge < -0.3 is 20.1 Å². The van der Waals surface area contributed by atoms with Crippen molar-refractivity contribution in [1.29, 1.82) is 0 Å². The Balaban J connectivity index is 0.00000341. The first kappa shape index (κ1) is 25.6. The third-order valence-corrected chi connectivity index (χ3v) is 4.96. The molecule has 0 saturated carbocycles. The molecule has 7 heteroatoms. The minimum Gasteiger partial charge on any atom is -0.379 e. The third kappa shape index (κ3) is 9.99. The summed E-state index contributed by atoms with van der Waals surface area (Å²) < 4.78 is 11.3. The predicted octanol–water partition coefficient (Wildman–Crippen LogP) is 3.41. The zero-order valence-electron chi connectivity index (χ0n) is 18.4. The van der Waals surface area contributed by atoms with Gasteiger partial charge in [0.05, 0.1) is 33.0 Å². The van der Waals surface area contributed by atoms with Crippen molar-refractivity contribution in [3.63, 3.8) is 0 Å². The van der Waals surface area contributed by atoms with E-state index in [-0.39, 0.29) is 24.0 Å². The molecule has 1 saturated heterocycles. The summed E-state index contributed by atoms with van der Waals surface area (Å²) in [5.41, 5.74) is 3.54. The second-order valence-electron chi connectivity index (χ2n) is 7.37. The molecule has 31 heavy (non-hydrogen) atoms. The van der Waals surface area contributed by atoms with Crippen LogP contribution >= 0.6 is 24.0 Å². The number of benzene rings is 2. The minimum atomic E-state index is 0. The Labute approximate surface area is 203 Å². The Morgan fingerprint density at radius 2 is 1.68 bits per heavy atom. The molecule has 1 aliphatic rings. The fourth-order valence-electron chi connectivity index (χ4n) is 3.35. The molecule has 0 amide bonds. The van der Waals surface area contributed by atoms with Gasteiger partial charge in [0.1, 0.15) is 0 Å². The molecule has 1 aliphatic heterocycles. The van der Waals surface area contributed by atoms with Gasteiger partial charge >= 0.3 is 0 Å². The molecule has 0 bridgehead atoms. The van der Waals surface area contributed by atoms with Crippen LogP contribution in [0.2, 0.25) is 0 Å². The lowest BCUT2D eigenvalue weighted by atomic mass is 10.1. The molecule has 0 unspecified atom stereocenters. The number of nitrogens with zero attached hydrogens (tertiary/aromatic N) is 2. The van der Waals surface area contributed by atoms with Gasteiger partial charge in [0.15, 0.2) is 5.96 Å². The molecule has 0 aromatic heterocycles. The lowest BCUT2D eigenvalue weighted by Crippen LogP contribution is -2.44. The van der Waals surface area contributed by atoms with Crippen LogP contribution in [0, 0.1) is 0 Å². The van der Waals surface area contributed by atoms with Crippen molar-refractivity contribution < 1.29 is 9.47 Å². The fraction of sp³-hybridized carbons (Fsp3) is 0.458. The number of halogens is 1. The van der Waals surface area contributed by atoms with E-state index in [0.29, 0.717) is 19.8 Å². The van der Waals surface area contributed by atoms with Gasteiger partial charge in [-0.25, -0.2) is 4.99 Å². The van der Waals surface area contributed by atoms with Crippen LogP contribution in [0.25, 0.3) is 0 Å². The molecule has 0 radical (unpaired) electrons.